The fourth-order valence-corrected chi connectivity index (χ4v) is 5.88. The van der Waals surface area contributed by atoms with Crippen molar-refractivity contribution in [1.82, 2.24) is 24.3 Å². The maximum atomic E-state index is 13.2. The number of anilines is 2. The number of benzene rings is 1. The van der Waals surface area contributed by atoms with Crippen LogP contribution in [0.3, 0.4) is 0 Å². The van der Waals surface area contributed by atoms with Crippen LogP contribution < -0.4 is 11.1 Å². The van der Waals surface area contributed by atoms with E-state index in [-0.39, 0.29) is 17.7 Å². The fourth-order valence-electron chi connectivity index (χ4n) is 5.22. The van der Waals surface area contributed by atoms with E-state index in [2.05, 4.69) is 15.3 Å². The predicted octanol–water partition coefficient (Wildman–Crippen LogP) is 3.74. The third-order valence-electron chi connectivity index (χ3n) is 7.30. The summed E-state index contributed by atoms with van der Waals surface area (Å²) >= 11 is 1.43. The van der Waals surface area contributed by atoms with Gasteiger partial charge >= 0.3 is 0 Å². The number of aryl methyl sites for hydroxylation is 1. The van der Waals surface area contributed by atoms with Crippen molar-refractivity contribution in [2.45, 2.75) is 32.6 Å². The van der Waals surface area contributed by atoms with E-state index in [4.69, 9.17) is 15.5 Å². The van der Waals surface area contributed by atoms with Crippen molar-refractivity contribution < 1.29 is 14.3 Å². The molecule has 0 radical (unpaired) electrons. The van der Waals surface area contributed by atoms with E-state index in [1.54, 1.807) is 24.5 Å². The first-order chi connectivity index (χ1) is 18.3. The van der Waals surface area contributed by atoms with Crippen LogP contribution in [-0.2, 0) is 9.53 Å². The molecule has 3 aromatic heterocycles. The van der Waals surface area contributed by atoms with Gasteiger partial charge in [-0.15, -0.1) is 11.3 Å². The molecule has 1 aromatic carbocycles. The zero-order valence-corrected chi connectivity index (χ0v) is 22.1. The van der Waals surface area contributed by atoms with E-state index < -0.39 is 5.41 Å². The van der Waals surface area contributed by atoms with E-state index >= 15 is 0 Å². The minimum atomic E-state index is -0.428. The number of nitrogens with one attached hydrogen (secondary N) is 1. The van der Waals surface area contributed by atoms with Gasteiger partial charge in [0.25, 0.3) is 5.91 Å². The largest absolute Gasteiger partial charge is 0.382 e. The van der Waals surface area contributed by atoms with Gasteiger partial charge in [0.05, 0.1) is 18.6 Å². The Labute approximate surface area is 223 Å². The van der Waals surface area contributed by atoms with Crippen molar-refractivity contribution in [2.75, 3.05) is 37.4 Å². The monoisotopic (exact) mass is 531 g/mol. The number of carbonyl (C=O) groups is 2. The lowest BCUT2D eigenvalue weighted by Gasteiger charge is -2.42. The van der Waals surface area contributed by atoms with Crippen LogP contribution in [0.2, 0.25) is 0 Å². The van der Waals surface area contributed by atoms with E-state index in [1.165, 1.54) is 11.3 Å². The Morgan fingerprint density at radius 1 is 1.21 bits per heavy atom. The van der Waals surface area contributed by atoms with Gasteiger partial charge in [-0.3, -0.25) is 19.3 Å². The number of aromatic nitrogens is 4. The third-order valence-corrected chi connectivity index (χ3v) is 8.13. The first-order valence-electron chi connectivity index (χ1n) is 12.7. The van der Waals surface area contributed by atoms with Crippen LogP contribution in [0.15, 0.2) is 42.9 Å². The molecule has 38 heavy (non-hydrogen) atoms. The number of likely N-dealkylation sites (tertiary alicyclic amines) is 1. The minimum Gasteiger partial charge on any atom is -0.382 e. The molecule has 0 saturated carbocycles. The van der Waals surface area contributed by atoms with Gasteiger partial charge in [-0.2, -0.15) is 0 Å². The molecule has 4 aromatic rings. The molecule has 3 N–H and O–H groups in total. The average molecular weight is 532 g/mol. The summed E-state index contributed by atoms with van der Waals surface area (Å²) in [5, 5.41) is 3.40. The average Bonchev–Trinajstić information content (AvgIpc) is 3.51. The molecular formula is C27H29N7O3S. The van der Waals surface area contributed by atoms with Gasteiger partial charge in [0.15, 0.2) is 5.13 Å². The van der Waals surface area contributed by atoms with Gasteiger partial charge in [0, 0.05) is 53.6 Å². The van der Waals surface area contributed by atoms with Crippen LogP contribution in [0.5, 0.6) is 0 Å². The summed E-state index contributed by atoms with van der Waals surface area (Å²) in [4.78, 5) is 42.4. The Balaban J connectivity index is 1.29. The molecule has 2 aliphatic heterocycles. The molecule has 6 rings (SSSR count). The summed E-state index contributed by atoms with van der Waals surface area (Å²) in [6.45, 7) is 6.21. The molecule has 11 heteroatoms. The summed E-state index contributed by atoms with van der Waals surface area (Å²) in [6, 6.07) is 7.28. The molecule has 196 valence electrons. The molecule has 10 nitrogen and oxygen atoms in total. The molecule has 2 amide bonds. The number of ether oxygens (including phenoxy) is 1. The van der Waals surface area contributed by atoms with Crippen LogP contribution in [0.1, 0.15) is 46.7 Å². The smallest absolute Gasteiger partial charge is 0.257 e. The zero-order valence-electron chi connectivity index (χ0n) is 21.3. The standard InChI is InChI=1S/C27H29N7O3S/c1-16-12-30-26(38-16)32-24(35)18-7-5-17(6-8-18)20-21-22(28)29-9-11-34(21)23(31-20)19-4-3-10-33(13-19)25(36)27(2)14-37-15-27/h5-9,11-12,19H,3-4,10,13-15H2,1-2H3,(H2,28,29)(H,30,32,35)/t19-/m1/s1. The van der Waals surface area contributed by atoms with Crippen molar-refractivity contribution in [1.29, 1.82) is 0 Å². The summed E-state index contributed by atoms with van der Waals surface area (Å²) in [6.07, 6.45) is 7.10. The summed E-state index contributed by atoms with van der Waals surface area (Å²) in [5.41, 5.74) is 8.69. The molecule has 0 aliphatic carbocycles. The highest BCUT2D eigenvalue weighted by molar-refractivity contribution is 7.15. The number of hydrogen-bond acceptors (Lipinski definition) is 8. The van der Waals surface area contributed by atoms with Crippen LogP contribution in [-0.4, -0.2) is 62.4 Å². The lowest BCUT2D eigenvalue weighted by molar-refractivity contribution is -0.169. The fraction of sp³-hybridized carbons (Fsp3) is 0.370. The Morgan fingerprint density at radius 3 is 2.68 bits per heavy atom. The SMILES string of the molecule is Cc1cnc(NC(=O)c2ccc(-c3nc([C@@H]4CCCN(C(=O)C5(C)COC5)C4)n4ccnc(N)c34)cc2)s1. The lowest BCUT2D eigenvalue weighted by Crippen LogP contribution is -2.55. The summed E-state index contributed by atoms with van der Waals surface area (Å²) in [7, 11) is 0. The van der Waals surface area contributed by atoms with Crippen LogP contribution >= 0.6 is 11.3 Å². The zero-order chi connectivity index (χ0) is 26.4. The molecule has 0 spiro atoms. The second-order valence-corrected chi connectivity index (χ2v) is 11.5. The third kappa shape index (κ3) is 4.31. The molecule has 0 bridgehead atoms. The maximum absolute atomic E-state index is 13.2. The van der Waals surface area contributed by atoms with Crippen molar-refractivity contribution in [3.05, 3.63) is 59.1 Å². The number of thiazole rings is 1. The van der Waals surface area contributed by atoms with Crippen LogP contribution in [0.4, 0.5) is 10.9 Å². The second kappa shape index (κ2) is 9.48. The number of hydrogen-bond donors (Lipinski definition) is 2. The van der Waals surface area contributed by atoms with Gasteiger partial charge in [0.1, 0.15) is 22.9 Å². The Kier molecular flexibility index (Phi) is 6.11. The molecule has 5 heterocycles. The van der Waals surface area contributed by atoms with Crippen molar-refractivity contribution in [3.8, 4) is 11.3 Å². The number of piperidine rings is 1. The predicted molar refractivity (Wildman–Crippen MR) is 145 cm³/mol. The van der Waals surface area contributed by atoms with E-state index in [0.717, 1.165) is 41.2 Å². The number of fused-ring (bicyclic) bond motifs is 1. The number of nitrogens with two attached hydrogens (primary N) is 1. The lowest BCUT2D eigenvalue weighted by atomic mass is 9.85. The van der Waals surface area contributed by atoms with Crippen LogP contribution in [0.25, 0.3) is 16.8 Å². The molecule has 2 aliphatic rings. The van der Waals surface area contributed by atoms with Crippen LogP contribution in [0, 0.1) is 12.3 Å². The second-order valence-electron chi connectivity index (χ2n) is 10.3. The Morgan fingerprint density at radius 2 is 2.00 bits per heavy atom. The molecule has 2 fully saturated rings. The number of amides is 2. The number of carbonyl (C=O) groups excluding carboxylic acids is 2. The van der Waals surface area contributed by atoms with Gasteiger partial charge in [-0.05, 0) is 38.8 Å². The minimum absolute atomic E-state index is 0.0622. The normalized spacial score (nSPS) is 18.8. The van der Waals surface area contributed by atoms with Gasteiger partial charge in [-0.1, -0.05) is 12.1 Å². The summed E-state index contributed by atoms with van der Waals surface area (Å²) in [5.74, 6) is 1.23. The van der Waals surface area contributed by atoms with Gasteiger partial charge in [0.2, 0.25) is 5.91 Å². The molecule has 1 atom stereocenters. The van der Waals surface area contributed by atoms with Crippen molar-refractivity contribution in [2.24, 2.45) is 5.41 Å². The number of nitrogens with zero attached hydrogens (tertiary/aromatic N) is 5. The van der Waals surface area contributed by atoms with E-state index in [1.807, 2.05) is 41.5 Å². The highest BCUT2D eigenvalue weighted by atomic mass is 32.1. The highest BCUT2D eigenvalue weighted by Crippen LogP contribution is 2.36. The van der Waals surface area contributed by atoms with E-state index in [9.17, 15) is 9.59 Å². The molecular weight excluding hydrogens is 502 g/mol. The highest BCUT2D eigenvalue weighted by Gasteiger charge is 2.44. The number of imidazole rings is 1. The molecule has 2 saturated heterocycles. The van der Waals surface area contributed by atoms with E-state index in [0.29, 0.717) is 42.0 Å². The Hall–Kier alpha value is -3.83. The topological polar surface area (TPSA) is 128 Å². The van der Waals surface area contributed by atoms with Crippen molar-refractivity contribution in [3.63, 3.8) is 0 Å². The van der Waals surface area contributed by atoms with Gasteiger partial charge in [-0.25, -0.2) is 15.0 Å². The van der Waals surface area contributed by atoms with Crippen molar-refractivity contribution >= 4 is 39.6 Å². The number of rotatable bonds is 5. The number of nitrogen functional groups attached to an aromatic ring is 1. The van der Waals surface area contributed by atoms with Gasteiger partial charge < -0.3 is 15.4 Å². The quantitative estimate of drug-likeness (QED) is 0.402. The maximum Gasteiger partial charge on any atom is 0.257 e. The Bertz CT molecular complexity index is 1520. The summed E-state index contributed by atoms with van der Waals surface area (Å²) < 4.78 is 7.32. The first-order valence-corrected chi connectivity index (χ1v) is 13.5. The first kappa shape index (κ1) is 24.5. The molecule has 0 unspecified atom stereocenters.